The molecule has 1 unspecified atom stereocenters. The van der Waals surface area contributed by atoms with Crippen molar-refractivity contribution in [1.29, 1.82) is 0 Å². The molecular formula is C28H31ClN2O5. The largest absolute Gasteiger partial charge is 0.495 e. The molecule has 3 rings (SSSR count). The first kappa shape index (κ1) is 26.8. The van der Waals surface area contributed by atoms with Crippen molar-refractivity contribution < 1.29 is 23.7 Å². The lowest BCUT2D eigenvalue weighted by atomic mass is 9.91. The number of hydrogen-bond acceptors (Lipinski definition) is 7. The molecule has 0 radical (unpaired) electrons. The first-order valence-electron chi connectivity index (χ1n) is 11.3. The molecule has 0 fully saturated rings. The smallest absolute Gasteiger partial charge is 0.203 e. The van der Waals surface area contributed by atoms with Crippen molar-refractivity contribution in [3.8, 4) is 23.0 Å². The zero-order valence-electron chi connectivity index (χ0n) is 21.1. The average Bonchev–Trinajstić information content (AvgIpc) is 2.88. The Morgan fingerprint density at radius 2 is 1.67 bits per heavy atom. The van der Waals surface area contributed by atoms with Crippen LogP contribution in [0.25, 0.3) is 12.2 Å². The Kier molecular flexibility index (Phi) is 9.08. The minimum Gasteiger partial charge on any atom is -0.495 e. The molecule has 0 spiro atoms. The first-order valence-corrected chi connectivity index (χ1v) is 11.7. The van der Waals surface area contributed by atoms with Crippen molar-refractivity contribution in [3.63, 3.8) is 0 Å². The number of benzene rings is 2. The van der Waals surface area contributed by atoms with Crippen molar-refractivity contribution in [2.24, 2.45) is 11.7 Å². The summed E-state index contributed by atoms with van der Waals surface area (Å²) in [6, 6.07) is 7.23. The van der Waals surface area contributed by atoms with Crippen molar-refractivity contribution in [3.05, 3.63) is 76.1 Å². The topological polar surface area (TPSA) is 92.0 Å². The normalized spacial score (nSPS) is 15.4. The molecule has 0 amide bonds. The van der Waals surface area contributed by atoms with Crippen molar-refractivity contribution in [2.75, 3.05) is 33.8 Å². The molecule has 7 nitrogen and oxygen atoms in total. The molecule has 1 aliphatic rings. The predicted octanol–water partition coefficient (Wildman–Crippen LogP) is 5.85. The molecule has 0 saturated heterocycles. The van der Waals surface area contributed by atoms with E-state index < -0.39 is 0 Å². The van der Waals surface area contributed by atoms with Gasteiger partial charge in [0, 0.05) is 35.3 Å². The number of carbonyl (C=O) groups excluding carboxylic acids is 1. The Balaban J connectivity index is 1.90. The van der Waals surface area contributed by atoms with Crippen LogP contribution in [0.4, 0.5) is 5.69 Å². The van der Waals surface area contributed by atoms with Crippen LogP contribution in [0.2, 0.25) is 5.02 Å². The van der Waals surface area contributed by atoms with Gasteiger partial charge in [-0.3, -0.25) is 4.79 Å². The van der Waals surface area contributed by atoms with E-state index in [1.54, 1.807) is 52.8 Å². The second-order valence-electron chi connectivity index (χ2n) is 8.18. The summed E-state index contributed by atoms with van der Waals surface area (Å²) in [6.07, 6.45) is 11.2. The quantitative estimate of drug-likeness (QED) is 0.306. The number of methoxy groups -OCH3 is 4. The number of ketones is 1. The van der Waals surface area contributed by atoms with Gasteiger partial charge in [-0.1, -0.05) is 36.8 Å². The van der Waals surface area contributed by atoms with E-state index in [0.29, 0.717) is 51.4 Å². The SMILES string of the molecule is COc1cc(N/C=C\C(=O)C2=C(N)C=CC(C)C2)c(/C=C\c2cc(OC)c(OC)c(OC)c2)cc1Cl. The maximum Gasteiger partial charge on any atom is 0.203 e. The number of hydrogen-bond donors (Lipinski definition) is 2. The Hall–Kier alpha value is -3.84. The van der Waals surface area contributed by atoms with Crippen LogP contribution in [-0.2, 0) is 4.79 Å². The molecule has 0 aliphatic heterocycles. The van der Waals surface area contributed by atoms with Crippen molar-refractivity contribution in [2.45, 2.75) is 13.3 Å². The third kappa shape index (κ3) is 6.23. The number of rotatable bonds is 10. The highest BCUT2D eigenvalue weighted by atomic mass is 35.5. The van der Waals surface area contributed by atoms with Gasteiger partial charge in [0.25, 0.3) is 0 Å². The van der Waals surface area contributed by atoms with E-state index in [1.807, 2.05) is 37.3 Å². The number of halogens is 1. The Morgan fingerprint density at radius 3 is 2.28 bits per heavy atom. The van der Waals surface area contributed by atoms with E-state index in [0.717, 1.165) is 11.1 Å². The Labute approximate surface area is 216 Å². The lowest BCUT2D eigenvalue weighted by Gasteiger charge is -2.15. The van der Waals surface area contributed by atoms with Crippen LogP contribution in [0.5, 0.6) is 23.0 Å². The predicted molar refractivity (Wildman–Crippen MR) is 145 cm³/mol. The third-order valence-corrected chi connectivity index (χ3v) is 6.01. The van der Waals surface area contributed by atoms with E-state index in [1.165, 1.54) is 6.08 Å². The lowest BCUT2D eigenvalue weighted by Crippen LogP contribution is -2.14. The average molecular weight is 511 g/mol. The molecule has 190 valence electrons. The van der Waals surface area contributed by atoms with Gasteiger partial charge in [-0.15, -0.1) is 0 Å². The van der Waals surface area contributed by atoms with Gasteiger partial charge >= 0.3 is 0 Å². The Morgan fingerprint density at radius 1 is 1.00 bits per heavy atom. The summed E-state index contributed by atoms with van der Waals surface area (Å²) >= 11 is 6.39. The molecule has 2 aromatic carbocycles. The van der Waals surface area contributed by atoms with Crippen LogP contribution in [-0.4, -0.2) is 34.2 Å². The van der Waals surface area contributed by atoms with Crippen LogP contribution in [0.15, 0.2) is 60.0 Å². The van der Waals surface area contributed by atoms with E-state index in [-0.39, 0.29) is 11.7 Å². The Bertz CT molecular complexity index is 1220. The molecule has 0 bridgehead atoms. The molecule has 3 N–H and O–H groups in total. The summed E-state index contributed by atoms with van der Waals surface area (Å²) in [7, 11) is 6.24. The third-order valence-electron chi connectivity index (χ3n) is 5.72. The fourth-order valence-electron chi connectivity index (χ4n) is 3.80. The monoisotopic (exact) mass is 510 g/mol. The van der Waals surface area contributed by atoms with E-state index in [2.05, 4.69) is 5.32 Å². The van der Waals surface area contributed by atoms with Gasteiger partial charge in [0.2, 0.25) is 5.75 Å². The molecule has 8 heteroatoms. The second-order valence-corrected chi connectivity index (χ2v) is 8.59. The molecule has 1 aliphatic carbocycles. The fourth-order valence-corrected chi connectivity index (χ4v) is 4.05. The highest BCUT2D eigenvalue weighted by Crippen LogP contribution is 2.39. The number of allylic oxidation sites excluding steroid dienone is 4. The summed E-state index contributed by atoms with van der Waals surface area (Å²) in [5.74, 6) is 2.24. The minimum absolute atomic E-state index is 0.133. The molecule has 0 saturated carbocycles. The van der Waals surface area contributed by atoms with Gasteiger partial charge < -0.3 is 30.0 Å². The van der Waals surface area contributed by atoms with Crippen LogP contribution in [0, 0.1) is 5.92 Å². The van der Waals surface area contributed by atoms with E-state index in [4.69, 9.17) is 36.3 Å². The maximum absolute atomic E-state index is 12.7. The summed E-state index contributed by atoms with van der Waals surface area (Å²) in [5, 5.41) is 3.62. The van der Waals surface area contributed by atoms with E-state index in [9.17, 15) is 4.79 Å². The van der Waals surface area contributed by atoms with Gasteiger partial charge in [-0.25, -0.2) is 0 Å². The summed E-state index contributed by atoms with van der Waals surface area (Å²) in [6.45, 7) is 2.05. The highest BCUT2D eigenvalue weighted by molar-refractivity contribution is 6.32. The lowest BCUT2D eigenvalue weighted by molar-refractivity contribution is -0.111. The van der Waals surface area contributed by atoms with Crippen LogP contribution >= 0.6 is 11.6 Å². The van der Waals surface area contributed by atoms with Crippen LogP contribution in [0.1, 0.15) is 24.5 Å². The highest BCUT2D eigenvalue weighted by Gasteiger charge is 2.16. The zero-order valence-corrected chi connectivity index (χ0v) is 21.8. The molecule has 1 atom stereocenters. The maximum atomic E-state index is 12.7. The van der Waals surface area contributed by atoms with Crippen molar-refractivity contribution >= 4 is 35.2 Å². The fraction of sp³-hybridized carbons (Fsp3) is 0.250. The second kappa shape index (κ2) is 12.2. The standard InChI is InChI=1S/C28H31ClN2O5/c1-17-6-9-22(30)20(12-17)24(32)10-11-31-23-16-25(33-2)21(29)15-19(23)8-7-18-13-26(34-3)28(36-5)27(14-18)35-4/h6-11,13-17,31H,12,30H2,1-5H3/b8-7-,11-10-. The van der Waals surface area contributed by atoms with Gasteiger partial charge in [-0.05, 0) is 47.7 Å². The molecular weight excluding hydrogens is 480 g/mol. The van der Waals surface area contributed by atoms with Crippen LogP contribution in [0.3, 0.4) is 0 Å². The van der Waals surface area contributed by atoms with Crippen LogP contribution < -0.4 is 30.0 Å². The van der Waals surface area contributed by atoms with Gasteiger partial charge in [0.05, 0.1) is 33.5 Å². The molecule has 2 aromatic rings. The molecule has 36 heavy (non-hydrogen) atoms. The van der Waals surface area contributed by atoms with Crippen molar-refractivity contribution in [1.82, 2.24) is 0 Å². The molecule has 0 aromatic heterocycles. The minimum atomic E-state index is -0.133. The number of carbonyl (C=O) groups is 1. The summed E-state index contributed by atoms with van der Waals surface area (Å²) in [5.41, 5.74) is 9.43. The van der Waals surface area contributed by atoms with E-state index >= 15 is 0 Å². The van der Waals surface area contributed by atoms with Gasteiger partial charge in [0.1, 0.15) is 5.75 Å². The first-order chi connectivity index (χ1) is 17.3. The molecule has 0 heterocycles. The zero-order chi connectivity index (χ0) is 26.2. The number of nitrogens with one attached hydrogen (secondary N) is 1. The number of anilines is 1. The van der Waals surface area contributed by atoms with Gasteiger partial charge in [-0.2, -0.15) is 0 Å². The number of ether oxygens (including phenoxy) is 4. The number of nitrogens with two attached hydrogens (primary N) is 1. The summed E-state index contributed by atoms with van der Waals surface area (Å²) in [4.78, 5) is 12.7. The van der Waals surface area contributed by atoms with Gasteiger partial charge in [0.15, 0.2) is 17.3 Å². The summed E-state index contributed by atoms with van der Waals surface area (Å²) < 4.78 is 21.6.